The summed E-state index contributed by atoms with van der Waals surface area (Å²) in [6.07, 6.45) is -0.606. The third kappa shape index (κ3) is 4.13. The Bertz CT molecular complexity index is 848. The molecule has 2 aromatic rings. The monoisotopic (exact) mass is 339 g/mol. The second-order valence-corrected chi connectivity index (χ2v) is 6.39. The van der Waals surface area contributed by atoms with Crippen molar-refractivity contribution in [1.82, 2.24) is 14.9 Å². The number of nitrogens with one attached hydrogen (secondary N) is 2. The number of alkyl carbamates (subject to hydrolysis) is 1. The molecule has 0 aliphatic carbocycles. The molecule has 1 aromatic carbocycles. The lowest BCUT2D eigenvalue weighted by molar-refractivity contribution is 0.0526. The van der Waals surface area contributed by atoms with Gasteiger partial charge in [-0.15, -0.1) is 0 Å². The number of para-hydroxylation sites is 1. The minimum Gasteiger partial charge on any atom is -0.444 e. The van der Waals surface area contributed by atoms with Crippen LogP contribution in [0.1, 0.15) is 20.8 Å². The minimum atomic E-state index is -0.613. The molecule has 2 N–H and O–H groups in total. The van der Waals surface area contributed by atoms with E-state index in [1.165, 1.54) is 0 Å². The van der Waals surface area contributed by atoms with Gasteiger partial charge in [0, 0.05) is 13.1 Å². The molecule has 23 heavy (non-hydrogen) atoms. The van der Waals surface area contributed by atoms with E-state index in [1.54, 1.807) is 39.0 Å². The summed E-state index contributed by atoms with van der Waals surface area (Å²) in [6.45, 7) is 5.35. The molecule has 1 aromatic heterocycles. The van der Waals surface area contributed by atoms with Crippen molar-refractivity contribution in [2.75, 3.05) is 6.54 Å². The smallest absolute Gasteiger partial charge is 0.407 e. The normalized spacial score (nSPS) is 11.5. The molecule has 124 valence electrons. The average Bonchev–Trinajstić information content (AvgIpc) is 2.42. The Hall–Kier alpha value is -2.28. The zero-order valence-corrected chi connectivity index (χ0v) is 13.9. The zero-order valence-electron chi connectivity index (χ0n) is 13.1. The number of H-pyrrole nitrogens is 1. The first-order chi connectivity index (χ1) is 10.7. The summed E-state index contributed by atoms with van der Waals surface area (Å²) in [5.41, 5.74) is -1.35. The number of amides is 1. The summed E-state index contributed by atoms with van der Waals surface area (Å²) in [4.78, 5) is 38.5. The van der Waals surface area contributed by atoms with E-state index in [9.17, 15) is 14.4 Å². The molecule has 2 rings (SSSR count). The summed E-state index contributed by atoms with van der Waals surface area (Å²) in [5, 5.41) is 3.12. The van der Waals surface area contributed by atoms with E-state index in [0.717, 1.165) is 4.57 Å². The topological polar surface area (TPSA) is 93.2 Å². The number of halogens is 1. The van der Waals surface area contributed by atoms with Crippen LogP contribution in [0.4, 0.5) is 4.79 Å². The molecule has 0 atom stereocenters. The molecule has 0 fully saturated rings. The lowest BCUT2D eigenvalue weighted by atomic mass is 10.2. The maximum absolute atomic E-state index is 12.3. The average molecular weight is 340 g/mol. The van der Waals surface area contributed by atoms with Crippen molar-refractivity contribution in [2.45, 2.75) is 32.9 Å². The molecule has 0 spiro atoms. The van der Waals surface area contributed by atoms with Gasteiger partial charge in [-0.2, -0.15) is 0 Å². The molecule has 0 unspecified atom stereocenters. The Morgan fingerprint density at radius 1 is 1.35 bits per heavy atom. The predicted molar refractivity (Wildman–Crippen MR) is 88.1 cm³/mol. The Labute approximate surface area is 137 Å². The van der Waals surface area contributed by atoms with Crippen LogP contribution in [0.5, 0.6) is 0 Å². The fourth-order valence-electron chi connectivity index (χ4n) is 2.03. The van der Waals surface area contributed by atoms with Crippen molar-refractivity contribution < 1.29 is 9.53 Å². The number of hydrogen-bond acceptors (Lipinski definition) is 4. The number of aromatic nitrogens is 2. The lowest BCUT2D eigenvalue weighted by Gasteiger charge is -2.19. The highest BCUT2D eigenvalue weighted by atomic mass is 35.5. The molecular formula is C15H18ClN3O4. The van der Waals surface area contributed by atoms with Gasteiger partial charge in [-0.25, -0.2) is 9.59 Å². The number of rotatable bonds is 3. The van der Waals surface area contributed by atoms with E-state index in [2.05, 4.69) is 10.3 Å². The van der Waals surface area contributed by atoms with Crippen molar-refractivity contribution in [3.8, 4) is 0 Å². The molecule has 8 heteroatoms. The molecule has 0 saturated carbocycles. The summed E-state index contributed by atoms with van der Waals surface area (Å²) >= 11 is 5.97. The van der Waals surface area contributed by atoms with Gasteiger partial charge in [-0.3, -0.25) is 9.36 Å². The predicted octanol–water partition coefficient (Wildman–Crippen LogP) is 1.87. The third-order valence-corrected chi connectivity index (χ3v) is 3.28. The molecule has 0 aliphatic rings. The van der Waals surface area contributed by atoms with Crippen molar-refractivity contribution >= 4 is 28.6 Å². The largest absolute Gasteiger partial charge is 0.444 e. The molecule has 1 heterocycles. The quantitative estimate of drug-likeness (QED) is 0.892. The molecule has 0 bridgehead atoms. The molecule has 7 nitrogen and oxygen atoms in total. The summed E-state index contributed by atoms with van der Waals surface area (Å²) in [5.74, 6) is 0. The highest BCUT2D eigenvalue weighted by Crippen LogP contribution is 2.16. The van der Waals surface area contributed by atoms with E-state index >= 15 is 0 Å². The van der Waals surface area contributed by atoms with Crippen molar-refractivity contribution in [2.24, 2.45) is 0 Å². The van der Waals surface area contributed by atoms with E-state index in [4.69, 9.17) is 16.3 Å². The summed E-state index contributed by atoms with van der Waals surface area (Å²) in [6, 6.07) is 4.80. The van der Waals surface area contributed by atoms with Crippen LogP contribution in [0.2, 0.25) is 5.02 Å². The second-order valence-electron chi connectivity index (χ2n) is 5.98. The standard InChI is InChI=1S/C15H18ClN3O4/c1-15(2,3)23-14(22)17-7-8-19-12(20)9-5-4-6-10(16)11(9)18-13(19)21/h4-6H,7-8H2,1-3H3,(H,17,22)(H,18,21). The molecule has 1 amide bonds. The Morgan fingerprint density at radius 3 is 2.70 bits per heavy atom. The van der Waals surface area contributed by atoms with Gasteiger partial charge in [-0.1, -0.05) is 17.7 Å². The van der Waals surface area contributed by atoms with Crippen molar-refractivity contribution in [3.63, 3.8) is 0 Å². The Balaban J connectivity index is 2.17. The van der Waals surface area contributed by atoms with Crippen LogP contribution in [0.3, 0.4) is 0 Å². The SMILES string of the molecule is CC(C)(C)OC(=O)NCCn1c(=O)[nH]c2c(Cl)cccc2c1=O. The fourth-order valence-corrected chi connectivity index (χ4v) is 2.25. The van der Waals surface area contributed by atoms with Gasteiger partial charge in [-0.05, 0) is 32.9 Å². The first-order valence-electron chi connectivity index (χ1n) is 7.07. The Kier molecular flexibility index (Phi) is 4.79. The molecule has 0 aliphatic heterocycles. The first-order valence-corrected chi connectivity index (χ1v) is 7.45. The zero-order chi connectivity index (χ0) is 17.2. The number of hydrogen-bond donors (Lipinski definition) is 2. The van der Waals surface area contributed by atoms with Gasteiger partial charge >= 0.3 is 11.8 Å². The number of benzene rings is 1. The maximum Gasteiger partial charge on any atom is 0.407 e. The van der Waals surface area contributed by atoms with E-state index in [1.807, 2.05) is 0 Å². The van der Waals surface area contributed by atoms with Gasteiger partial charge in [0.25, 0.3) is 5.56 Å². The van der Waals surface area contributed by atoms with E-state index in [0.29, 0.717) is 15.9 Å². The number of carbonyl (C=O) groups excluding carboxylic acids is 1. The van der Waals surface area contributed by atoms with E-state index in [-0.39, 0.29) is 13.1 Å². The molecular weight excluding hydrogens is 322 g/mol. The fraction of sp³-hybridized carbons (Fsp3) is 0.400. The van der Waals surface area contributed by atoms with Gasteiger partial charge in [0.05, 0.1) is 15.9 Å². The van der Waals surface area contributed by atoms with Crippen molar-refractivity contribution in [3.05, 3.63) is 44.1 Å². The minimum absolute atomic E-state index is 0.0237. The number of ether oxygens (including phenoxy) is 1. The van der Waals surface area contributed by atoms with Crippen LogP contribution in [-0.2, 0) is 11.3 Å². The van der Waals surface area contributed by atoms with Gasteiger partial charge < -0.3 is 15.0 Å². The van der Waals surface area contributed by atoms with Gasteiger partial charge in [0.2, 0.25) is 0 Å². The first kappa shape index (κ1) is 17.1. The van der Waals surface area contributed by atoms with Crippen LogP contribution in [0.25, 0.3) is 10.9 Å². The molecule has 0 saturated heterocycles. The number of aromatic amines is 1. The second kappa shape index (κ2) is 6.45. The lowest BCUT2D eigenvalue weighted by Crippen LogP contribution is -2.40. The van der Waals surface area contributed by atoms with Crippen LogP contribution in [0.15, 0.2) is 27.8 Å². The highest BCUT2D eigenvalue weighted by molar-refractivity contribution is 6.34. The Morgan fingerprint density at radius 2 is 2.04 bits per heavy atom. The van der Waals surface area contributed by atoms with Crippen LogP contribution in [-0.4, -0.2) is 27.8 Å². The highest BCUT2D eigenvalue weighted by Gasteiger charge is 2.16. The number of carbonyl (C=O) groups is 1. The summed E-state index contributed by atoms with van der Waals surface area (Å²) < 4.78 is 6.09. The van der Waals surface area contributed by atoms with Crippen LogP contribution >= 0.6 is 11.6 Å². The van der Waals surface area contributed by atoms with Crippen molar-refractivity contribution in [1.29, 1.82) is 0 Å². The van der Waals surface area contributed by atoms with Gasteiger partial charge in [0.15, 0.2) is 0 Å². The molecule has 0 radical (unpaired) electrons. The number of fused-ring (bicyclic) bond motifs is 1. The van der Waals surface area contributed by atoms with Crippen LogP contribution in [0, 0.1) is 0 Å². The maximum atomic E-state index is 12.3. The summed E-state index contributed by atoms with van der Waals surface area (Å²) in [7, 11) is 0. The van der Waals surface area contributed by atoms with E-state index < -0.39 is 22.9 Å². The van der Waals surface area contributed by atoms with Crippen LogP contribution < -0.4 is 16.6 Å². The third-order valence-electron chi connectivity index (χ3n) is 2.97. The number of nitrogens with zero attached hydrogens (tertiary/aromatic N) is 1. The van der Waals surface area contributed by atoms with Gasteiger partial charge in [0.1, 0.15) is 5.60 Å².